The number of rotatable bonds is 3. The lowest BCUT2D eigenvalue weighted by Crippen LogP contribution is -2.39. The average molecular weight is 253 g/mol. The van der Waals surface area contributed by atoms with E-state index in [4.69, 9.17) is 0 Å². The predicted octanol–water partition coefficient (Wildman–Crippen LogP) is 0.357. The second kappa shape index (κ2) is 4.12. The molecule has 3 nitrogen and oxygen atoms in total. The molecular formula is C6H12IN3. The normalized spacial score (nSPS) is 30.6. The van der Waals surface area contributed by atoms with Gasteiger partial charge < -0.3 is 5.32 Å². The maximum absolute atomic E-state index is 4.20. The van der Waals surface area contributed by atoms with Crippen molar-refractivity contribution >= 4 is 28.9 Å². The minimum Gasteiger partial charge on any atom is -0.370 e. The summed E-state index contributed by atoms with van der Waals surface area (Å²) in [5.41, 5.74) is 0. The second-order valence-corrected chi connectivity index (χ2v) is 3.34. The Balaban J connectivity index is 2.32. The Kier molecular flexibility index (Phi) is 3.41. The van der Waals surface area contributed by atoms with Crippen molar-refractivity contribution in [2.45, 2.75) is 18.6 Å². The predicted molar refractivity (Wildman–Crippen MR) is 51.8 cm³/mol. The molecule has 1 rings (SSSR count). The van der Waals surface area contributed by atoms with Crippen LogP contribution >= 0.6 is 22.6 Å². The van der Waals surface area contributed by atoms with Crippen molar-refractivity contribution in [1.29, 1.82) is 0 Å². The zero-order valence-corrected chi connectivity index (χ0v) is 8.13. The third-order valence-corrected chi connectivity index (χ3v) is 2.24. The monoisotopic (exact) mass is 253 g/mol. The first-order chi connectivity index (χ1) is 4.88. The smallest absolute Gasteiger partial charge is 0.121 e. The van der Waals surface area contributed by atoms with E-state index in [-0.39, 0.29) is 6.17 Å². The van der Waals surface area contributed by atoms with E-state index >= 15 is 0 Å². The van der Waals surface area contributed by atoms with Crippen LogP contribution in [0.25, 0.3) is 0 Å². The topological polar surface area (TPSA) is 36.4 Å². The minimum absolute atomic E-state index is 0.287. The zero-order valence-electron chi connectivity index (χ0n) is 5.97. The van der Waals surface area contributed by atoms with Gasteiger partial charge in [-0.1, -0.05) is 22.6 Å². The third kappa shape index (κ3) is 1.82. The molecule has 2 N–H and O–H groups in total. The van der Waals surface area contributed by atoms with Gasteiger partial charge in [-0.2, -0.15) is 0 Å². The molecule has 0 aromatic heterocycles. The van der Waals surface area contributed by atoms with Crippen molar-refractivity contribution in [2.24, 2.45) is 4.99 Å². The standard InChI is InChI=1S/C6H12IN3/c1-8-6-5(2-3-7)9-4-10-6/h4-6,8H,2-3H2,1H3,(H,9,10). The van der Waals surface area contributed by atoms with E-state index in [9.17, 15) is 0 Å². The van der Waals surface area contributed by atoms with E-state index in [1.165, 1.54) is 10.8 Å². The van der Waals surface area contributed by atoms with Gasteiger partial charge in [0.25, 0.3) is 0 Å². The van der Waals surface area contributed by atoms with Crippen LogP contribution in [0.3, 0.4) is 0 Å². The van der Waals surface area contributed by atoms with Crippen molar-refractivity contribution < 1.29 is 0 Å². The summed E-state index contributed by atoms with van der Waals surface area (Å²) >= 11 is 2.38. The number of hydrogen-bond acceptors (Lipinski definition) is 3. The lowest BCUT2D eigenvalue weighted by Gasteiger charge is -2.15. The highest BCUT2D eigenvalue weighted by atomic mass is 127. The fourth-order valence-electron chi connectivity index (χ4n) is 1.05. The van der Waals surface area contributed by atoms with Crippen LogP contribution in [0.4, 0.5) is 0 Å². The molecule has 1 aliphatic rings. The quantitative estimate of drug-likeness (QED) is 0.562. The molecule has 0 fully saturated rings. The van der Waals surface area contributed by atoms with E-state index in [0.717, 1.165) is 0 Å². The summed E-state index contributed by atoms with van der Waals surface area (Å²) in [6, 6.07) is 0.502. The van der Waals surface area contributed by atoms with Gasteiger partial charge in [-0.3, -0.25) is 10.3 Å². The summed E-state index contributed by atoms with van der Waals surface area (Å²) in [6.45, 7) is 0. The molecule has 58 valence electrons. The average Bonchev–Trinajstić information content (AvgIpc) is 2.36. The molecule has 0 saturated carbocycles. The Morgan fingerprint density at radius 2 is 2.60 bits per heavy atom. The van der Waals surface area contributed by atoms with Crippen LogP contribution < -0.4 is 10.6 Å². The minimum atomic E-state index is 0.287. The summed E-state index contributed by atoms with van der Waals surface area (Å²) in [6.07, 6.45) is 3.25. The Bertz CT molecular complexity index is 126. The van der Waals surface area contributed by atoms with Crippen molar-refractivity contribution in [1.82, 2.24) is 10.6 Å². The molecule has 0 saturated heterocycles. The summed E-state index contributed by atoms with van der Waals surface area (Å²) in [5, 5.41) is 6.33. The fraction of sp³-hybridized carbons (Fsp3) is 0.833. The van der Waals surface area contributed by atoms with Gasteiger partial charge >= 0.3 is 0 Å². The van der Waals surface area contributed by atoms with Gasteiger partial charge in [-0.05, 0) is 13.5 Å². The number of hydrogen-bond donors (Lipinski definition) is 2. The summed E-state index contributed by atoms with van der Waals surface area (Å²) in [5.74, 6) is 0. The molecule has 0 aromatic carbocycles. The first kappa shape index (κ1) is 8.26. The molecule has 10 heavy (non-hydrogen) atoms. The van der Waals surface area contributed by atoms with Gasteiger partial charge in [-0.25, -0.2) is 0 Å². The SMILES string of the molecule is CNC1N=CNC1CCI. The molecule has 0 bridgehead atoms. The van der Waals surface area contributed by atoms with E-state index in [2.05, 4.69) is 38.2 Å². The van der Waals surface area contributed by atoms with Crippen molar-refractivity contribution in [3.8, 4) is 0 Å². The Morgan fingerprint density at radius 3 is 3.20 bits per heavy atom. The van der Waals surface area contributed by atoms with Crippen molar-refractivity contribution in [2.75, 3.05) is 11.5 Å². The summed E-state index contributed by atoms with van der Waals surface area (Å²) in [4.78, 5) is 4.20. The van der Waals surface area contributed by atoms with Gasteiger partial charge in [0.05, 0.1) is 12.4 Å². The van der Waals surface area contributed by atoms with Crippen LogP contribution in [-0.4, -0.2) is 30.0 Å². The molecule has 1 aliphatic heterocycles. The van der Waals surface area contributed by atoms with Gasteiger partial charge in [0.15, 0.2) is 0 Å². The molecule has 2 unspecified atom stereocenters. The molecule has 0 aliphatic carbocycles. The van der Waals surface area contributed by atoms with Gasteiger partial charge in [0.1, 0.15) is 6.17 Å². The fourth-order valence-corrected chi connectivity index (χ4v) is 1.72. The second-order valence-electron chi connectivity index (χ2n) is 2.26. The Morgan fingerprint density at radius 1 is 1.80 bits per heavy atom. The lowest BCUT2D eigenvalue weighted by atomic mass is 10.2. The molecule has 0 amide bonds. The van der Waals surface area contributed by atoms with Crippen molar-refractivity contribution in [3.63, 3.8) is 0 Å². The number of alkyl halides is 1. The maximum atomic E-state index is 4.20. The van der Waals surface area contributed by atoms with Crippen molar-refractivity contribution in [3.05, 3.63) is 0 Å². The van der Waals surface area contributed by atoms with Crippen LogP contribution in [0.2, 0.25) is 0 Å². The van der Waals surface area contributed by atoms with Crippen LogP contribution in [0.15, 0.2) is 4.99 Å². The van der Waals surface area contributed by atoms with Crippen LogP contribution in [0.5, 0.6) is 0 Å². The molecule has 4 heteroatoms. The van der Waals surface area contributed by atoms with E-state index in [0.29, 0.717) is 6.04 Å². The summed E-state index contributed by atoms with van der Waals surface area (Å²) in [7, 11) is 1.94. The van der Waals surface area contributed by atoms with Crippen LogP contribution in [0.1, 0.15) is 6.42 Å². The molecule has 0 spiro atoms. The number of halogens is 1. The first-order valence-corrected chi connectivity index (χ1v) is 4.92. The summed E-state index contributed by atoms with van der Waals surface area (Å²) < 4.78 is 1.18. The van der Waals surface area contributed by atoms with E-state index < -0.39 is 0 Å². The first-order valence-electron chi connectivity index (χ1n) is 3.39. The van der Waals surface area contributed by atoms with Crippen LogP contribution in [0, 0.1) is 0 Å². The molecular weight excluding hydrogens is 241 g/mol. The maximum Gasteiger partial charge on any atom is 0.121 e. The molecule has 2 atom stereocenters. The van der Waals surface area contributed by atoms with Crippen LogP contribution in [-0.2, 0) is 0 Å². The van der Waals surface area contributed by atoms with E-state index in [1.807, 2.05) is 7.05 Å². The van der Waals surface area contributed by atoms with Gasteiger partial charge in [0, 0.05) is 4.43 Å². The van der Waals surface area contributed by atoms with Gasteiger partial charge in [0.2, 0.25) is 0 Å². The Hall–Kier alpha value is 0.160. The molecule has 0 aromatic rings. The number of nitrogens with one attached hydrogen (secondary N) is 2. The molecule has 0 radical (unpaired) electrons. The highest BCUT2D eigenvalue weighted by molar-refractivity contribution is 14.1. The highest BCUT2D eigenvalue weighted by Crippen LogP contribution is 2.05. The highest BCUT2D eigenvalue weighted by Gasteiger charge is 2.20. The largest absolute Gasteiger partial charge is 0.370 e. The van der Waals surface area contributed by atoms with Gasteiger partial charge in [-0.15, -0.1) is 0 Å². The molecule has 1 heterocycles. The number of likely N-dealkylation sites (N-methyl/N-ethyl adjacent to an activating group) is 1. The third-order valence-electron chi connectivity index (χ3n) is 1.62. The number of aliphatic imine (C=N–C) groups is 1. The zero-order chi connectivity index (χ0) is 7.40. The number of nitrogens with zero attached hydrogens (tertiary/aromatic N) is 1. The lowest BCUT2D eigenvalue weighted by molar-refractivity contribution is 0.468. The van der Waals surface area contributed by atoms with E-state index in [1.54, 1.807) is 6.34 Å². The Labute approximate surface area is 74.8 Å².